The molecule has 57 heavy (non-hydrogen) atoms. The first-order valence-corrected chi connectivity index (χ1v) is 20.5. The molecule has 0 saturated carbocycles. The monoisotopic (exact) mass is 738 g/mol. The highest BCUT2D eigenvalue weighted by Crippen LogP contribution is 2.57. The van der Waals surface area contributed by atoms with Crippen LogP contribution in [-0.2, 0) is 16.2 Å². The first kappa shape index (κ1) is 34.3. The van der Waals surface area contributed by atoms with E-state index in [4.69, 9.17) is 4.42 Å². The molecule has 1 aromatic heterocycles. The second-order valence-corrected chi connectivity index (χ2v) is 19.0. The molecule has 0 N–H and O–H groups in total. The minimum absolute atomic E-state index is 0.0247. The molecule has 4 heteroatoms. The van der Waals surface area contributed by atoms with E-state index in [1.54, 1.807) is 0 Å². The summed E-state index contributed by atoms with van der Waals surface area (Å²) in [4.78, 5) is 5.31. The summed E-state index contributed by atoms with van der Waals surface area (Å²) in [5.74, 6) is 0. The molecule has 8 aromatic rings. The second kappa shape index (κ2) is 11.5. The molecule has 7 aromatic carbocycles. The predicted octanol–water partition coefficient (Wildman–Crippen LogP) is 13.2. The standard InChI is InChI=1S/C53H47BN2O/c1-51(2,3)33-25-27-42(37(29-33)32-17-10-9-11-18-32)55-44-31-34(52(4,5)6)30-38-35-20-16-22-40-49(35)56(43-23-14-13-21-39(43)53(40,7)8)54(48(38)44)41-26-28-46-47(50(41)55)36-19-12-15-24-45(36)57-46/h9-31H,1-8H3. The number of nitrogens with zero attached hydrogens (tertiary/aromatic N) is 2. The van der Waals surface area contributed by atoms with Crippen molar-refractivity contribution in [3.8, 4) is 22.3 Å². The van der Waals surface area contributed by atoms with Gasteiger partial charge in [0, 0.05) is 39.0 Å². The highest BCUT2D eigenvalue weighted by atomic mass is 16.3. The second-order valence-electron chi connectivity index (χ2n) is 19.0. The van der Waals surface area contributed by atoms with E-state index in [0.717, 1.165) is 21.9 Å². The quantitative estimate of drug-likeness (QED) is 0.165. The van der Waals surface area contributed by atoms with Crippen LogP contribution in [0.5, 0.6) is 0 Å². The van der Waals surface area contributed by atoms with Crippen LogP contribution in [0.2, 0.25) is 0 Å². The molecule has 3 aliphatic heterocycles. The largest absolute Gasteiger partial charge is 0.456 e. The zero-order valence-corrected chi connectivity index (χ0v) is 34.2. The molecule has 0 atom stereocenters. The minimum atomic E-state index is -0.173. The smallest absolute Gasteiger partial charge is 0.333 e. The van der Waals surface area contributed by atoms with Crippen molar-refractivity contribution in [2.75, 3.05) is 9.71 Å². The summed E-state index contributed by atoms with van der Waals surface area (Å²) in [6.07, 6.45) is 0. The Bertz CT molecular complexity index is 2980. The third-order valence-electron chi connectivity index (χ3n) is 13.1. The van der Waals surface area contributed by atoms with Gasteiger partial charge < -0.3 is 14.1 Å². The Morgan fingerprint density at radius 2 is 1.23 bits per heavy atom. The summed E-state index contributed by atoms with van der Waals surface area (Å²) in [5, 5.41) is 2.29. The highest BCUT2D eigenvalue weighted by Gasteiger charge is 2.51. The van der Waals surface area contributed by atoms with Crippen LogP contribution in [0.15, 0.2) is 144 Å². The highest BCUT2D eigenvalue weighted by molar-refractivity contribution is 6.94. The summed E-state index contributed by atoms with van der Waals surface area (Å²) in [7, 11) is 0. The number of furan rings is 1. The fourth-order valence-electron chi connectivity index (χ4n) is 10.2. The number of para-hydroxylation sites is 3. The van der Waals surface area contributed by atoms with Crippen molar-refractivity contribution in [2.24, 2.45) is 0 Å². The number of fused-ring (bicyclic) bond motifs is 10. The zero-order chi connectivity index (χ0) is 39.2. The Morgan fingerprint density at radius 1 is 0.526 bits per heavy atom. The maximum atomic E-state index is 6.74. The minimum Gasteiger partial charge on any atom is -0.456 e. The Hall–Kier alpha value is -6.00. The van der Waals surface area contributed by atoms with Gasteiger partial charge in [-0.25, -0.2) is 0 Å². The molecular formula is C53H47BN2O. The van der Waals surface area contributed by atoms with Crippen molar-refractivity contribution in [1.29, 1.82) is 0 Å². The molecule has 0 fully saturated rings. The van der Waals surface area contributed by atoms with E-state index in [1.165, 1.54) is 83.9 Å². The van der Waals surface area contributed by atoms with Crippen LogP contribution >= 0.6 is 0 Å². The molecule has 0 unspecified atom stereocenters. The van der Waals surface area contributed by atoms with Gasteiger partial charge in [0.2, 0.25) is 0 Å². The lowest BCUT2D eigenvalue weighted by Gasteiger charge is -2.51. The first-order valence-electron chi connectivity index (χ1n) is 20.5. The van der Waals surface area contributed by atoms with Gasteiger partial charge in [0.25, 0.3) is 0 Å². The maximum absolute atomic E-state index is 6.74. The van der Waals surface area contributed by atoms with Gasteiger partial charge in [0.15, 0.2) is 0 Å². The predicted molar refractivity (Wildman–Crippen MR) is 242 cm³/mol. The molecule has 0 radical (unpaired) electrons. The molecular weight excluding hydrogens is 691 g/mol. The molecule has 4 heterocycles. The number of hydrogen-bond acceptors (Lipinski definition) is 3. The van der Waals surface area contributed by atoms with E-state index in [0.29, 0.717) is 0 Å². The lowest BCUT2D eigenvalue weighted by molar-refractivity contribution is 0.590. The molecule has 0 saturated heterocycles. The molecule has 0 amide bonds. The Labute approximate surface area is 336 Å². The van der Waals surface area contributed by atoms with Crippen molar-refractivity contribution < 1.29 is 4.42 Å². The Morgan fingerprint density at radius 3 is 2.02 bits per heavy atom. The summed E-state index contributed by atoms with van der Waals surface area (Å²) >= 11 is 0. The zero-order valence-electron chi connectivity index (χ0n) is 34.2. The van der Waals surface area contributed by atoms with Crippen LogP contribution in [0.25, 0.3) is 44.2 Å². The summed E-state index contributed by atoms with van der Waals surface area (Å²) in [5.41, 5.74) is 20.7. The van der Waals surface area contributed by atoms with E-state index in [9.17, 15) is 0 Å². The fraction of sp³-hybridized carbons (Fsp3) is 0.208. The van der Waals surface area contributed by atoms with E-state index < -0.39 is 0 Å². The lowest BCUT2D eigenvalue weighted by Crippen LogP contribution is -2.63. The molecule has 0 aliphatic carbocycles. The Balaban J connectivity index is 1.35. The topological polar surface area (TPSA) is 19.6 Å². The third kappa shape index (κ3) is 4.73. The van der Waals surface area contributed by atoms with Gasteiger partial charge in [-0.3, -0.25) is 0 Å². The van der Waals surface area contributed by atoms with E-state index >= 15 is 0 Å². The van der Waals surface area contributed by atoms with Crippen LogP contribution in [0.4, 0.5) is 28.4 Å². The molecule has 3 nitrogen and oxygen atoms in total. The van der Waals surface area contributed by atoms with Gasteiger partial charge in [0.1, 0.15) is 11.2 Å². The lowest BCUT2D eigenvalue weighted by atomic mass is 9.42. The normalized spacial score (nSPS) is 15.1. The number of hydrogen-bond donors (Lipinski definition) is 0. The summed E-state index contributed by atoms with van der Waals surface area (Å²) < 4.78 is 6.74. The van der Waals surface area contributed by atoms with E-state index in [2.05, 4.69) is 205 Å². The molecule has 0 spiro atoms. The van der Waals surface area contributed by atoms with Crippen LogP contribution in [-0.4, -0.2) is 6.85 Å². The van der Waals surface area contributed by atoms with Gasteiger partial charge >= 0.3 is 6.85 Å². The van der Waals surface area contributed by atoms with Gasteiger partial charge in [-0.05, 0) is 91.5 Å². The van der Waals surface area contributed by atoms with Crippen LogP contribution in [0.1, 0.15) is 77.6 Å². The van der Waals surface area contributed by atoms with Crippen molar-refractivity contribution in [1.82, 2.24) is 0 Å². The first-order chi connectivity index (χ1) is 27.3. The Kier molecular flexibility index (Phi) is 6.94. The van der Waals surface area contributed by atoms with Crippen LogP contribution < -0.4 is 20.6 Å². The van der Waals surface area contributed by atoms with Gasteiger partial charge in [-0.2, -0.15) is 0 Å². The maximum Gasteiger partial charge on any atom is 0.333 e. The SMILES string of the molecule is CC(C)(C)c1ccc(N2c3cc(C(C)(C)C)cc4c3B(c3ccc5oc6ccccc6c5c32)N2c3ccccc3C(C)(C)c3cccc-4c32)c(-c2ccccc2)c1. The molecule has 3 aliphatic rings. The van der Waals surface area contributed by atoms with Gasteiger partial charge in [-0.1, -0.05) is 159 Å². The molecule has 0 bridgehead atoms. The third-order valence-corrected chi connectivity index (χ3v) is 13.1. The molecule has 278 valence electrons. The van der Waals surface area contributed by atoms with Crippen molar-refractivity contribution in [3.05, 3.63) is 162 Å². The van der Waals surface area contributed by atoms with Crippen LogP contribution in [0.3, 0.4) is 0 Å². The van der Waals surface area contributed by atoms with Crippen molar-refractivity contribution in [3.63, 3.8) is 0 Å². The van der Waals surface area contributed by atoms with Crippen LogP contribution in [0, 0.1) is 0 Å². The van der Waals surface area contributed by atoms with E-state index in [1.807, 2.05) is 0 Å². The van der Waals surface area contributed by atoms with Gasteiger partial charge in [-0.15, -0.1) is 0 Å². The van der Waals surface area contributed by atoms with Crippen molar-refractivity contribution in [2.45, 2.75) is 71.6 Å². The van der Waals surface area contributed by atoms with E-state index in [-0.39, 0.29) is 23.1 Å². The van der Waals surface area contributed by atoms with Gasteiger partial charge in [0.05, 0.1) is 16.8 Å². The number of anilines is 5. The average Bonchev–Trinajstić information content (AvgIpc) is 3.59. The molecule has 11 rings (SSSR count). The number of rotatable bonds is 2. The average molecular weight is 739 g/mol. The number of benzene rings is 7. The summed E-state index contributed by atoms with van der Waals surface area (Å²) in [6, 6.07) is 52.5. The van der Waals surface area contributed by atoms with Crippen molar-refractivity contribution >= 4 is 68.1 Å². The summed E-state index contributed by atoms with van der Waals surface area (Å²) in [6.45, 7) is 18.7. The fourth-order valence-corrected chi connectivity index (χ4v) is 10.2.